The molecular formula is C24H25N5O3S2. The van der Waals surface area contributed by atoms with Gasteiger partial charge in [-0.1, -0.05) is 11.8 Å². The van der Waals surface area contributed by atoms with Crippen molar-refractivity contribution in [1.82, 2.24) is 19.6 Å². The number of carbonyl (C=O) groups is 1. The Morgan fingerprint density at radius 3 is 2.85 bits per heavy atom. The van der Waals surface area contributed by atoms with Crippen LogP contribution in [-0.2, 0) is 17.6 Å². The average molecular weight is 496 g/mol. The lowest BCUT2D eigenvalue weighted by molar-refractivity contribution is -0.113. The molecule has 8 nitrogen and oxygen atoms in total. The van der Waals surface area contributed by atoms with E-state index in [1.54, 1.807) is 32.4 Å². The zero-order valence-electron chi connectivity index (χ0n) is 19.1. The number of thioether (sulfide) groups is 1. The molecule has 1 amide bonds. The lowest BCUT2D eigenvalue weighted by Crippen LogP contribution is -2.15. The second kappa shape index (κ2) is 8.74. The van der Waals surface area contributed by atoms with Crippen LogP contribution >= 0.6 is 23.1 Å². The molecule has 0 radical (unpaired) electrons. The lowest BCUT2D eigenvalue weighted by Gasteiger charge is -2.12. The van der Waals surface area contributed by atoms with Crippen LogP contribution in [0.15, 0.2) is 23.4 Å². The second-order valence-electron chi connectivity index (χ2n) is 8.68. The number of benzene rings is 1. The van der Waals surface area contributed by atoms with E-state index in [1.165, 1.54) is 35.0 Å². The summed E-state index contributed by atoms with van der Waals surface area (Å²) in [5.74, 6) is 2.77. The zero-order valence-corrected chi connectivity index (χ0v) is 20.7. The van der Waals surface area contributed by atoms with Gasteiger partial charge in [0.1, 0.15) is 22.2 Å². The maximum absolute atomic E-state index is 12.8. The summed E-state index contributed by atoms with van der Waals surface area (Å²) in [5, 5.41) is 13.9. The summed E-state index contributed by atoms with van der Waals surface area (Å²) >= 11 is 3.21. The van der Waals surface area contributed by atoms with Crippen molar-refractivity contribution >= 4 is 50.6 Å². The molecule has 10 heteroatoms. The van der Waals surface area contributed by atoms with Crippen molar-refractivity contribution in [3.63, 3.8) is 0 Å². The van der Waals surface area contributed by atoms with E-state index in [0.29, 0.717) is 23.1 Å². The summed E-state index contributed by atoms with van der Waals surface area (Å²) in [6, 6.07) is 5.31. The number of aryl methyl sites for hydroxylation is 2. The van der Waals surface area contributed by atoms with Crippen LogP contribution in [0.5, 0.6) is 11.5 Å². The van der Waals surface area contributed by atoms with Crippen molar-refractivity contribution in [3.05, 3.63) is 34.5 Å². The minimum absolute atomic E-state index is 0.139. The van der Waals surface area contributed by atoms with E-state index in [2.05, 4.69) is 19.9 Å². The van der Waals surface area contributed by atoms with E-state index < -0.39 is 0 Å². The minimum Gasteiger partial charge on any atom is -0.497 e. The summed E-state index contributed by atoms with van der Waals surface area (Å²) in [6.45, 7) is 0. The van der Waals surface area contributed by atoms with Crippen molar-refractivity contribution in [1.29, 1.82) is 0 Å². The highest BCUT2D eigenvalue weighted by Gasteiger charge is 2.32. The molecule has 0 bridgehead atoms. The van der Waals surface area contributed by atoms with Crippen LogP contribution in [0.25, 0.3) is 15.9 Å². The Morgan fingerprint density at radius 1 is 1.21 bits per heavy atom. The highest BCUT2D eigenvalue weighted by molar-refractivity contribution is 7.99. The molecule has 6 rings (SSSR count). The standard InChI is InChI=1S/C24H25N5O3S2/c1-31-14-9-10-16(17(11-14)32-2)25-19(30)12-33-24-28-27-22-20-15-5-3-4-6-18(15)34-23(20)26-21(29(22)24)13-7-8-13/h9-11,13H,3-8,12H2,1-2H3,(H,25,30). The van der Waals surface area contributed by atoms with Crippen molar-refractivity contribution in [2.75, 3.05) is 25.3 Å². The fourth-order valence-electron chi connectivity index (χ4n) is 4.58. The third-order valence-corrected chi connectivity index (χ3v) is 8.53. The molecule has 0 saturated heterocycles. The van der Waals surface area contributed by atoms with E-state index in [0.717, 1.165) is 52.5 Å². The molecule has 4 aromatic rings. The number of amides is 1. The first-order valence-corrected chi connectivity index (χ1v) is 13.3. The number of carbonyl (C=O) groups excluding carboxylic acids is 1. The van der Waals surface area contributed by atoms with Gasteiger partial charge in [0, 0.05) is 16.9 Å². The monoisotopic (exact) mass is 495 g/mol. The summed E-state index contributed by atoms with van der Waals surface area (Å²) in [5.41, 5.74) is 2.90. The molecule has 3 aromatic heterocycles. The first-order chi connectivity index (χ1) is 16.7. The van der Waals surface area contributed by atoms with E-state index in [-0.39, 0.29) is 11.7 Å². The Labute approximate surface area is 205 Å². The first kappa shape index (κ1) is 21.7. The molecule has 0 unspecified atom stereocenters. The quantitative estimate of drug-likeness (QED) is 0.367. The number of fused-ring (bicyclic) bond motifs is 5. The molecule has 1 aromatic carbocycles. The number of anilines is 1. The molecule has 176 valence electrons. The van der Waals surface area contributed by atoms with E-state index in [4.69, 9.17) is 14.5 Å². The van der Waals surface area contributed by atoms with Crippen molar-refractivity contribution in [2.45, 2.75) is 49.6 Å². The fourth-order valence-corrected chi connectivity index (χ4v) is 6.58. The van der Waals surface area contributed by atoms with Crippen LogP contribution in [0.3, 0.4) is 0 Å². The highest BCUT2D eigenvalue weighted by Crippen LogP contribution is 2.44. The number of methoxy groups -OCH3 is 2. The van der Waals surface area contributed by atoms with Gasteiger partial charge < -0.3 is 14.8 Å². The van der Waals surface area contributed by atoms with Gasteiger partial charge in [-0.3, -0.25) is 9.20 Å². The maximum atomic E-state index is 12.8. The fraction of sp³-hybridized carbons (Fsp3) is 0.417. The molecular weight excluding hydrogens is 470 g/mol. The number of nitrogens with one attached hydrogen (secondary N) is 1. The molecule has 34 heavy (non-hydrogen) atoms. The summed E-state index contributed by atoms with van der Waals surface area (Å²) in [4.78, 5) is 20.4. The highest BCUT2D eigenvalue weighted by atomic mass is 32.2. The third-order valence-electron chi connectivity index (χ3n) is 6.41. The van der Waals surface area contributed by atoms with Crippen LogP contribution in [0, 0.1) is 0 Å². The van der Waals surface area contributed by atoms with Crippen LogP contribution in [0.2, 0.25) is 0 Å². The number of rotatable bonds is 7. The molecule has 0 spiro atoms. The van der Waals surface area contributed by atoms with Gasteiger partial charge in [0.25, 0.3) is 0 Å². The van der Waals surface area contributed by atoms with Crippen molar-refractivity contribution in [3.8, 4) is 11.5 Å². The van der Waals surface area contributed by atoms with Crippen LogP contribution in [-0.4, -0.2) is 45.5 Å². The van der Waals surface area contributed by atoms with Gasteiger partial charge in [0.15, 0.2) is 10.8 Å². The maximum Gasteiger partial charge on any atom is 0.234 e. The van der Waals surface area contributed by atoms with E-state index >= 15 is 0 Å². The molecule has 1 N–H and O–H groups in total. The molecule has 0 aliphatic heterocycles. The molecule has 3 heterocycles. The van der Waals surface area contributed by atoms with Gasteiger partial charge in [0.2, 0.25) is 5.91 Å². The van der Waals surface area contributed by atoms with E-state index in [9.17, 15) is 4.79 Å². The molecule has 1 fully saturated rings. The van der Waals surface area contributed by atoms with Gasteiger partial charge in [0.05, 0.1) is 31.0 Å². The average Bonchev–Trinajstić information content (AvgIpc) is 3.51. The predicted molar refractivity (Wildman–Crippen MR) is 134 cm³/mol. The smallest absolute Gasteiger partial charge is 0.234 e. The lowest BCUT2D eigenvalue weighted by atomic mass is 9.97. The predicted octanol–water partition coefficient (Wildman–Crippen LogP) is 4.84. The number of hydrogen-bond donors (Lipinski definition) is 1. The molecule has 2 aliphatic carbocycles. The minimum atomic E-state index is -0.139. The SMILES string of the molecule is COc1ccc(NC(=O)CSc2nnc3c4c5c(sc4nc(C4CC4)n23)CCCC5)c(OC)c1. The van der Waals surface area contributed by atoms with Crippen LogP contribution < -0.4 is 14.8 Å². The van der Waals surface area contributed by atoms with Gasteiger partial charge in [-0.15, -0.1) is 21.5 Å². The number of aromatic nitrogens is 4. The van der Waals surface area contributed by atoms with Crippen LogP contribution in [0.1, 0.15) is 47.9 Å². The summed E-state index contributed by atoms with van der Waals surface area (Å²) in [7, 11) is 3.16. The Hall–Kier alpha value is -2.85. The number of hydrogen-bond acceptors (Lipinski definition) is 8. The molecule has 0 atom stereocenters. The number of nitrogens with zero attached hydrogens (tertiary/aromatic N) is 4. The normalized spacial score (nSPS) is 15.5. The van der Waals surface area contributed by atoms with Gasteiger partial charge >= 0.3 is 0 Å². The van der Waals surface area contributed by atoms with Crippen molar-refractivity contribution < 1.29 is 14.3 Å². The summed E-state index contributed by atoms with van der Waals surface area (Å²) in [6.07, 6.45) is 6.94. The second-order valence-corrected chi connectivity index (χ2v) is 10.7. The molecule has 2 aliphatic rings. The molecule has 1 saturated carbocycles. The van der Waals surface area contributed by atoms with Crippen LogP contribution in [0.4, 0.5) is 5.69 Å². The Morgan fingerprint density at radius 2 is 2.06 bits per heavy atom. The zero-order chi connectivity index (χ0) is 23.2. The Kier molecular flexibility index (Phi) is 5.57. The van der Waals surface area contributed by atoms with Gasteiger partial charge in [-0.25, -0.2) is 4.98 Å². The third kappa shape index (κ3) is 3.78. The largest absolute Gasteiger partial charge is 0.497 e. The first-order valence-electron chi connectivity index (χ1n) is 11.5. The Balaban J connectivity index is 1.29. The topological polar surface area (TPSA) is 90.6 Å². The Bertz CT molecular complexity index is 1410. The number of ether oxygens (including phenoxy) is 2. The summed E-state index contributed by atoms with van der Waals surface area (Å²) < 4.78 is 12.7. The number of thiophene rings is 1. The van der Waals surface area contributed by atoms with Crippen molar-refractivity contribution in [2.24, 2.45) is 0 Å². The van der Waals surface area contributed by atoms with E-state index in [1.807, 2.05) is 11.3 Å². The van der Waals surface area contributed by atoms with Gasteiger partial charge in [-0.05, 0) is 56.2 Å². The van der Waals surface area contributed by atoms with Gasteiger partial charge in [-0.2, -0.15) is 0 Å².